The molecule has 0 saturated heterocycles. The molecule has 3 saturated carbocycles. The first-order valence-corrected chi connectivity index (χ1v) is 8.92. The Bertz CT molecular complexity index is 439. The van der Waals surface area contributed by atoms with Crippen molar-refractivity contribution in [1.29, 1.82) is 0 Å². The summed E-state index contributed by atoms with van der Waals surface area (Å²) in [4.78, 5) is 0. The van der Waals surface area contributed by atoms with Crippen molar-refractivity contribution in [2.45, 2.75) is 77.7 Å². The van der Waals surface area contributed by atoms with Gasteiger partial charge in [0.1, 0.15) is 0 Å². The zero-order valence-electron chi connectivity index (χ0n) is 13.2. The summed E-state index contributed by atoms with van der Waals surface area (Å²) in [6, 6.07) is 0. The summed E-state index contributed by atoms with van der Waals surface area (Å²) < 4.78 is 0. The fourth-order valence-electron chi connectivity index (χ4n) is 6.89. The molecule has 0 bridgehead atoms. The molecular formula is C19H30O. The summed E-state index contributed by atoms with van der Waals surface area (Å²) in [5.41, 5.74) is 2.47. The smallest absolute Gasteiger partial charge is 0.0584 e. The van der Waals surface area contributed by atoms with Gasteiger partial charge < -0.3 is 5.11 Å². The van der Waals surface area contributed by atoms with Crippen molar-refractivity contribution in [3.8, 4) is 0 Å². The molecule has 0 aromatic carbocycles. The van der Waals surface area contributed by atoms with Crippen LogP contribution in [0.1, 0.15) is 71.6 Å². The monoisotopic (exact) mass is 274 g/mol. The van der Waals surface area contributed by atoms with E-state index in [1.165, 1.54) is 51.4 Å². The molecule has 4 rings (SSSR count). The molecular weight excluding hydrogens is 244 g/mol. The van der Waals surface area contributed by atoms with Gasteiger partial charge in [0.05, 0.1) is 6.10 Å². The molecule has 4 aliphatic carbocycles. The Morgan fingerprint density at radius 3 is 2.85 bits per heavy atom. The van der Waals surface area contributed by atoms with E-state index in [2.05, 4.69) is 19.9 Å². The normalized spacial score (nSPS) is 54.6. The average Bonchev–Trinajstić information content (AvgIpc) is 2.78. The first-order valence-electron chi connectivity index (χ1n) is 8.92. The lowest BCUT2D eigenvalue weighted by Gasteiger charge is -2.59. The number of rotatable bonds is 0. The largest absolute Gasteiger partial charge is 0.393 e. The van der Waals surface area contributed by atoms with E-state index in [0.29, 0.717) is 16.7 Å². The molecule has 6 atom stereocenters. The molecule has 20 heavy (non-hydrogen) atoms. The van der Waals surface area contributed by atoms with Crippen LogP contribution in [0.25, 0.3) is 0 Å². The minimum Gasteiger partial charge on any atom is -0.393 e. The molecule has 1 unspecified atom stereocenters. The summed E-state index contributed by atoms with van der Waals surface area (Å²) >= 11 is 0. The minimum absolute atomic E-state index is 0.0499. The number of fused-ring (bicyclic) bond motifs is 5. The van der Waals surface area contributed by atoms with Crippen LogP contribution in [0.3, 0.4) is 0 Å². The Morgan fingerprint density at radius 2 is 2.00 bits per heavy atom. The molecule has 3 fully saturated rings. The SMILES string of the molecule is C[C@@]12CCC[C@H]1[C@@H]1CCC3=CCCC[C@]3(C)[C@@H]1C(O)C2. The highest BCUT2D eigenvalue weighted by atomic mass is 16.3. The molecule has 0 amide bonds. The van der Waals surface area contributed by atoms with Crippen molar-refractivity contribution in [3.05, 3.63) is 11.6 Å². The van der Waals surface area contributed by atoms with Gasteiger partial charge in [-0.25, -0.2) is 0 Å². The molecule has 1 heteroatoms. The predicted molar refractivity (Wildman–Crippen MR) is 82.3 cm³/mol. The van der Waals surface area contributed by atoms with Crippen molar-refractivity contribution in [1.82, 2.24) is 0 Å². The van der Waals surface area contributed by atoms with Gasteiger partial charge in [-0.3, -0.25) is 0 Å². The maximum absolute atomic E-state index is 11.0. The van der Waals surface area contributed by atoms with Crippen molar-refractivity contribution < 1.29 is 5.11 Å². The van der Waals surface area contributed by atoms with Gasteiger partial charge in [0.2, 0.25) is 0 Å². The van der Waals surface area contributed by atoms with Crippen LogP contribution in [0.5, 0.6) is 0 Å². The third-order valence-corrected chi connectivity index (χ3v) is 7.73. The van der Waals surface area contributed by atoms with Crippen LogP contribution in [0.4, 0.5) is 0 Å². The maximum Gasteiger partial charge on any atom is 0.0584 e. The van der Waals surface area contributed by atoms with Crippen LogP contribution in [-0.4, -0.2) is 11.2 Å². The number of allylic oxidation sites excluding steroid dienone is 2. The summed E-state index contributed by atoms with van der Waals surface area (Å²) in [6.07, 6.45) is 14.3. The lowest BCUT2D eigenvalue weighted by Crippen LogP contribution is -2.55. The molecule has 0 spiro atoms. The van der Waals surface area contributed by atoms with Gasteiger partial charge >= 0.3 is 0 Å². The quantitative estimate of drug-likeness (QED) is 0.635. The first kappa shape index (κ1) is 13.4. The highest BCUT2D eigenvalue weighted by Gasteiger charge is 2.58. The van der Waals surface area contributed by atoms with E-state index in [-0.39, 0.29) is 6.10 Å². The maximum atomic E-state index is 11.0. The van der Waals surface area contributed by atoms with Crippen LogP contribution in [0.2, 0.25) is 0 Å². The van der Waals surface area contributed by atoms with E-state index in [0.717, 1.165) is 18.3 Å². The van der Waals surface area contributed by atoms with E-state index in [9.17, 15) is 5.11 Å². The molecule has 0 aliphatic heterocycles. The van der Waals surface area contributed by atoms with E-state index in [4.69, 9.17) is 0 Å². The fourth-order valence-corrected chi connectivity index (χ4v) is 6.89. The van der Waals surface area contributed by atoms with Crippen LogP contribution in [0.15, 0.2) is 11.6 Å². The number of hydrogen-bond acceptors (Lipinski definition) is 1. The van der Waals surface area contributed by atoms with Crippen LogP contribution >= 0.6 is 0 Å². The van der Waals surface area contributed by atoms with Gasteiger partial charge in [-0.1, -0.05) is 31.9 Å². The molecule has 0 aromatic heterocycles. The molecule has 0 heterocycles. The molecule has 0 radical (unpaired) electrons. The van der Waals surface area contributed by atoms with Crippen LogP contribution in [-0.2, 0) is 0 Å². The Kier molecular flexibility index (Phi) is 2.91. The molecule has 4 aliphatic rings. The lowest BCUT2D eigenvalue weighted by molar-refractivity contribution is -0.118. The van der Waals surface area contributed by atoms with Gasteiger partial charge in [0, 0.05) is 0 Å². The Labute approximate surface area is 123 Å². The number of hydrogen-bond donors (Lipinski definition) is 1. The Balaban J connectivity index is 1.74. The van der Waals surface area contributed by atoms with Crippen molar-refractivity contribution in [3.63, 3.8) is 0 Å². The van der Waals surface area contributed by atoms with E-state index >= 15 is 0 Å². The third kappa shape index (κ3) is 1.65. The van der Waals surface area contributed by atoms with Gasteiger partial charge in [-0.2, -0.15) is 0 Å². The lowest BCUT2D eigenvalue weighted by atomic mass is 9.47. The standard InChI is InChI=1S/C19H30O/c1-18-10-5-7-15(18)14-9-8-13-6-3-4-11-19(13,2)17(14)16(20)12-18/h6,14-17,20H,3-5,7-12H2,1-2H3/t14-,15-,16?,17-,18-,19-/m0/s1. The zero-order chi connectivity index (χ0) is 14.0. The van der Waals surface area contributed by atoms with Gasteiger partial charge in [0.15, 0.2) is 0 Å². The highest BCUT2D eigenvalue weighted by molar-refractivity contribution is 5.24. The van der Waals surface area contributed by atoms with Gasteiger partial charge in [-0.15, -0.1) is 0 Å². The molecule has 112 valence electrons. The zero-order valence-corrected chi connectivity index (χ0v) is 13.2. The van der Waals surface area contributed by atoms with Crippen LogP contribution < -0.4 is 0 Å². The molecule has 1 nitrogen and oxygen atoms in total. The summed E-state index contributed by atoms with van der Waals surface area (Å²) in [6.45, 7) is 4.95. The van der Waals surface area contributed by atoms with E-state index in [1.807, 2.05) is 0 Å². The first-order chi connectivity index (χ1) is 9.55. The Morgan fingerprint density at radius 1 is 1.15 bits per heavy atom. The van der Waals surface area contributed by atoms with Crippen molar-refractivity contribution >= 4 is 0 Å². The van der Waals surface area contributed by atoms with E-state index in [1.54, 1.807) is 5.57 Å². The minimum atomic E-state index is -0.0499. The van der Waals surface area contributed by atoms with Crippen molar-refractivity contribution in [2.75, 3.05) is 0 Å². The summed E-state index contributed by atoms with van der Waals surface area (Å²) in [5.74, 6) is 2.25. The van der Waals surface area contributed by atoms with Gasteiger partial charge in [0.25, 0.3) is 0 Å². The topological polar surface area (TPSA) is 20.2 Å². The van der Waals surface area contributed by atoms with E-state index < -0.39 is 0 Å². The second-order valence-corrected chi connectivity index (χ2v) is 8.69. The van der Waals surface area contributed by atoms with Crippen molar-refractivity contribution in [2.24, 2.45) is 28.6 Å². The average molecular weight is 274 g/mol. The van der Waals surface area contributed by atoms with Crippen LogP contribution in [0, 0.1) is 28.6 Å². The highest BCUT2D eigenvalue weighted by Crippen LogP contribution is 2.65. The number of aliphatic hydroxyl groups excluding tert-OH is 1. The molecule has 0 aromatic rings. The van der Waals surface area contributed by atoms with Gasteiger partial charge in [-0.05, 0) is 80.0 Å². The third-order valence-electron chi connectivity index (χ3n) is 7.73. The second-order valence-electron chi connectivity index (χ2n) is 8.69. The second kappa shape index (κ2) is 4.35. The predicted octanol–water partition coefficient (Wildman–Crippen LogP) is 4.70. The fraction of sp³-hybridized carbons (Fsp3) is 0.895. The molecule has 1 N–H and O–H groups in total. The summed E-state index contributed by atoms with van der Waals surface area (Å²) in [5, 5.41) is 11.0. The number of aliphatic hydroxyl groups is 1. The Hall–Kier alpha value is -0.300. The summed E-state index contributed by atoms with van der Waals surface area (Å²) in [7, 11) is 0.